The predicted octanol–water partition coefficient (Wildman–Crippen LogP) is 2.69. The summed E-state index contributed by atoms with van der Waals surface area (Å²) in [5.74, 6) is -1.95. The molecule has 25 heavy (non-hydrogen) atoms. The minimum atomic E-state index is -1.28. The van der Waals surface area contributed by atoms with Crippen LogP contribution in [0, 0.1) is 0 Å². The number of hydrogen-bond acceptors (Lipinski definition) is 6. The lowest BCUT2D eigenvalue weighted by Crippen LogP contribution is -2.19. The lowest BCUT2D eigenvalue weighted by atomic mass is 10.2. The number of carboxylic acids is 1. The maximum Gasteiger partial charge on any atom is 0.339 e. The van der Waals surface area contributed by atoms with Crippen LogP contribution in [0.3, 0.4) is 0 Å². The fourth-order valence-corrected chi connectivity index (χ4v) is 2.95. The minimum Gasteiger partial charge on any atom is -0.507 e. The standard InChI is InChI=1S/C17H12N2O5S/c20-12-4-2-1-3-9(12)7-14-15(22)19-17(25-14)18-10-5-6-13(21)11(8-10)16(23)24/h1-8,20-21H,(H,23,24)(H,18,19,22)/b14-7-. The number of nitrogens with one attached hydrogen (secondary N) is 1. The van der Waals surface area contributed by atoms with Crippen LogP contribution >= 0.6 is 11.8 Å². The van der Waals surface area contributed by atoms with Crippen molar-refractivity contribution in [3.63, 3.8) is 0 Å². The highest BCUT2D eigenvalue weighted by atomic mass is 32.2. The quantitative estimate of drug-likeness (QED) is 0.628. The molecule has 0 bridgehead atoms. The molecule has 1 aliphatic heterocycles. The predicted molar refractivity (Wildman–Crippen MR) is 94.0 cm³/mol. The molecule has 2 aromatic rings. The van der Waals surface area contributed by atoms with Gasteiger partial charge in [0.05, 0.1) is 10.6 Å². The Morgan fingerprint density at radius 2 is 1.88 bits per heavy atom. The first-order chi connectivity index (χ1) is 11.9. The van der Waals surface area contributed by atoms with Crippen molar-refractivity contribution < 1.29 is 24.9 Å². The second-order valence-corrected chi connectivity index (χ2v) is 6.08. The summed E-state index contributed by atoms with van der Waals surface area (Å²) < 4.78 is 0. The summed E-state index contributed by atoms with van der Waals surface area (Å²) in [7, 11) is 0. The number of aromatic hydroxyl groups is 2. The Labute approximate surface area is 146 Å². The molecule has 0 aromatic heterocycles. The third kappa shape index (κ3) is 3.64. The topological polar surface area (TPSA) is 119 Å². The monoisotopic (exact) mass is 356 g/mol. The van der Waals surface area contributed by atoms with Crippen molar-refractivity contribution in [3.8, 4) is 11.5 Å². The first kappa shape index (κ1) is 16.6. The van der Waals surface area contributed by atoms with Gasteiger partial charge < -0.3 is 20.6 Å². The Morgan fingerprint density at radius 1 is 1.12 bits per heavy atom. The number of nitrogens with zero attached hydrogens (tertiary/aromatic N) is 1. The average Bonchev–Trinajstić information content (AvgIpc) is 2.90. The van der Waals surface area contributed by atoms with Gasteiger partial charge in [0.1, 0.15) is 17.1 Å². The van der Waals surface area contributed by atoms with E-state index in [9.17, 15) is 19.8 Å². The first-order valence-electron chi connectivity index (χ1n) is 7.08. The van der Waals surface area contributed by atoms with Gasteiger partial charge in [-0.15, -0.1) is 0 Å². The molecule has 0 radical (unpaired) electrons. The van der Waals surface area contributed by atoms with Crippen LogP contribution in [0.4, 0.5) is 5.69 Å². The summed E-state index contributed by atoms with van der Waals surface area (Å²) >= 11 is 1.07. The molecule has 0 aliphatic carbocycles. The number of aromatic carboxylic acids is 1. The number of hydrogen-bond donors (Lipinski definition) is 4. The van der Waals surface area contributed by atoms with Crippen LogP contribution in [0.25, 0.3) is 6.08 Å². The highest BCUT2D eigenvalue weighted by Gasteiger charge is 2.24. The van der Waals surface area contributed by atoms with Gasteiger partial charge in [-0.3, -0.25) is 4.79 Å². The molecule has 0 atom stereocenters. The second-order valence-electron chi connectivity index (χ2n) is 5.05. The molecule has 4 N–H and O–H groups in total. The molecular weight excluding hydrogens is 344 g/mol. The van der Waals surface area contributed by atoms with E-state index in [1.807, 2.05) is 0 Å². The number of carbonyl (C=O) groups excluding carboxylic acids is 1. The Bertz CT molecular complexity index is 936. The van der Waals surface area contributed by atoms with Gasteiger partial charge in [-0.25, -0.2) is 9.79 Å². The molecule has 1 heterocycles. The molecule has 0 saturated carbocycles. The van der Waals surface area contributed by atoms with Gasteiger partial charge in [0.15, 0.2) is 5.17 Å². The number of phenols is 2. The van der Waals surface area contributed by atoms with Crippen molar-refractivity contribution in [1.29, 1.82) is 0 Å². The number of carbonyl (C=O) groups is 2. The molecule has 1 fully saturated rings. The highest BCUT2D eigenvalue weighted by molar-refractivity contribution is 8.18. The smallest absolute Gasteiger partial charge is 0.339 e. The molecule has 0 unspecified atom stereocenters. The third-order valence-corrected chi connectivity index (χ3v) is 4.23. The van der Waals surface area contributed by atoms with Crippen LogP contribution in [0.5, 0.6) is 11.5 Å². The van der Waals surface area contributed by atoms with Crippen molar-refractivity contribution in [2.75, 3.05) is 0 Å². The summed E-state index contributed by atoms with van der Waals surface area (Å²) in [4.78, 5) is 27.6. The second kappa shape index (κ2) is 6.70. The van der Waals surface area contributed by atoms with Crippen molar-refractivity contribution >= 4 is 40.6 Å². The zero-order valence-corrected chi connectivity index (χ0v) is 13.4. The van der Waals surface area contributed by atoms with Crippen molar-refractivity contribution in [1.82, 2.24) is 5.32 Å². The fraction of sp³-hybridized carbons (Fsp3) is 0. The van der Waals surface area contributed by atoms with Gasteiger partial charge >= 0.3 is 5.97 Å². The molecule has 8 heteroatoms. The van der Waals surface area contributed by atoms with Gasteiger partial charge in [0, 0.05) is 5.56 Å². The first-order valence-corrected chi connectivity index (χ1v) is 7.89. The molecule has 3 rings (SSSR count). The van der Waals surface area contributed by atoms with E-state index >= 15 is 0 Å². The third-order valence-electron chi connectivity index (χ3n) is 3.32. The van der Waals surface area contributed by atoms with Crippen LogP contribution in [-0.4, -0.2) is 32.4 Å². The van der Waals surface area contributed by atoms with Crippen LogP contribution < -0.4 is 5.32 Å². The van der Waals surface area contributed by atoms with E-state index in [-0.39, 0.29) is 33.8 Å². The maximum absolute atomic E-state index is 12.0. The van der Waals surface area contributed by atoms with Gasteiger partial charge in [-0.05, 0) is 42.1 Å². The van der Waals surface area contributed by atoms with E-state index in [1.165, 1.54) is 30.3 Å². The zero-order chi connectivity index (χ0) is 18.0. The van der Waals surface area contributed by atoms with Gasteiger partial charge in [-0.1, -0.05) is 18.2 Å². The number of carboxylic acid groups (broad SMARTS) is 1. The maximum atomic E-state index is 12.0. The van der Waals surface area contributed by atoms with Crippen LogP contribution in [0.15, 0.2) is 52.4 Å². The lowest BCUT2D eigenvalue weighted by molar-refractivity contribution is -0.115. The summed E-state index contributed by atoms with van der Waals surface area (Å²) in [6.07, 6.45) is 1.54. The largest absolute Gasteiger partial charge is 0.507 e. The lowest BCUT2D eigenvalue weighted by Gasteiger charge is -2.01. The van der Waals surface area contributed by atoms with Crippen molar-refractivity contribution in [2.45, 2.75) is 0 Å². The minimum absolute atomic E-state index is 0.0541. The number of amides is 1. The van der Waals surface area contributed by atoms with E-state index < -0.39 is 5.97 Å². The molecular formula is C17H12N2O5S. The normalized spacial score (nSPS) is 17.0. The van der Waals surface area contributed by atoms with Crippen LogP contribution in [0.1, 0.15) is 15.9 Å². The Balaban J connectivity index is 1.88. The summed E-state index contributed by atoms with van der Waals surface area (Å²) in [5, 5.41) is 31.1. The van der Waals surface area contributed by atoms with Crippen LogP contribution in [0.2, 0.25) is 0 Å². The van der Waals surface area contributed by atoms with E-state index in [1.54, 1.807) is 18.2 Å². The molecule has 0 spiro atoms. The molecule has 1 amide bonds. The number of aliphatic imine (C=N–C) groups is 1. The zero-order valence-electron chi connectivity index (χ0n) is 12.6. The van der Waals surface area contributed by atoms with Gasteiger partial charge in [0.25, 0.3) is 5.91 Å². The number of thioether (sulfide) groups is 1. The summed E-state index contributed by atoms with van der Waals surface area (Å²) in [6.45, 7) is 0. The van der Waals surface area contributed by atoms with Crippen molar-refractivity contribution in [2.24, 2.45) is 4.99 Å². The Morgan fingerprint density at radius 3 is 2.60 bits per heavy atom. The molecule has 1 saturated heterocycles. The Hall–Kier alpha value is -3.26. The Kier molecular flexibility index (Phi) is 4.44. The number of phenolic OH excluding ortho intramolecular Hbond substituents is 1. The summed E-state index contributed by atoms with van der Waals surface area (Å²) in [6, 6.07) is 10.5. The van der Waals surface area contributed by atoms with E-state index in [0.29, 0.717) is 10.5 Å². The fourth-order valence-electron chi connectivity index (χ4n) is 2.11. The number of para-hydroxylation sites is 1. The van der Waals surface area contributed by atoms with E-state index in [4.69, 9.17) is 5.11 Å². The van der Waals surface area contributed by atoms with Gasteiger partial charge in [0.2, 0.25) is 0 Å². The number of benzene rings is 2. The molecule has 7 nitrogen and oxygen atoms in total. The van der Waals surface area contributed by atoms with E-state index in [2.05, 4.69) is 10.3 Å². The molecule has 2 aromatic carbocycles. The molecule has 1 aliphatic rings. The number of rotatable bonds is 3. The van der Waals surface area contributed by atoms with E-state index in [0.717, 1.165) is 11.8 Å². The van der Waals surface area contributed by atoms with Crippen LogP contribution in [-0.2, 0) is 4.79 Å². The SMILES string of the molecule is O=C1NC(=Nc2ccc(O)c(C(=O)O)c2)S/C1=C\c1ccccc1O. The van der Waals surface area contributed by atoms with Crippen molar-refractivity contribution in [3.05, 3.63) is 58.5 Å². The van der Waals surface area contributed by atoms with Gasteiger partial charge in [-0.2, -0.15) is 0 Å². The highest BCUT2D eigenvalue weighted by Crippen LogP contribution is 2.31. The average molecular weight is 356 g/mol. The molecule has 126 valence electrons. The number of amidine groups is 1. The summed E-state index contributed by atoms with van der Waals surface area (Å²) in [5.41, 5.74) is 0.502.